The molecule has 2 amide bonds. The van der Waals surface area contributed by atoms with E-state index in [-0.39, 0.29) is 17.9 Å². The first-order chi connectivity index (χ1) is 11.5. The van der Waals surface area contributed by atoms with Gasteiger partial charge in [0, 0.05) is 17.7 Å². The van der Waals surface area contributed by atoms with Crippen molar-refractivity contribution in [3.8, 4) is 5.75 Å². The van der Waals surface area contributed by atoms with Crippen LogP contribution < -0.4 is 15.6 Å². The van der Waals surface area contributed by atoms with Gasteiger partial charge in [0.1, 0.15) is 5.75 Å². The summed E-state index contributed by atoms with van der Waals surface area (Å²) in [5, 5.41) is 10.7. The van der Waals surface area contributed by atoms with E-state index in [9.17, 15) is 19.7 Å². The molecular weight excluding hydrogens is 314 g/mol. The van der Waals surface area contributed by atoms with Gasteiger partial charge >= 0.3 is 0 Å². The Morgan fingerprint density at radius 1 is 1.12 bits per heavy atom. The molecule has 0 fully saturated rings. The van der Waals surface area contributed by atoms with Gasteiger partial charge in [-0.3, -0.25) is 30.6 Å². The quantitative estimate of drug-likeness (QED) is 0.641. The number of nitro groups is 1. The molecule has 0 saturated heterocycles. The molecule has 0 spiro atoms. The number of hydrogen-bond donors (Lipinski definition) is 2. The Bertz CT molecular complexity index is 776. The molecule has 0 saturated carbocycles. The largest absolute Gasteiger partial charge is 0.484 e. The number of carbonyl (C=O) groups excluding carboxylic acids is 2. The van der Waals surface area contributed by atoms with Crippen LogP contribution in [0.2, 0.25) is 0 Å². The van der Waals surface area contributed by atoms with Crippen molar-refractivity contribution in [1.82, 2.24) is 10.9 Å². The van der Waals surface area contributed by atoms with Crippen molar-refractivity contribution in [3.63, 3.8) is 0 Å². The number of nitro benzene ring substituents is 1. The zero-order valence-corrected chi connectivity index (χ0v) is 12.8. The number of carbonyl (C=O) groups is 2. The van der Waals surface area contributed by atoms with Crippen molar-refractivity contribution < 1.29 is 19.2 Å². The summed E-state index contributed by atoms with van der Waals surface area (Å²) in [5.74, 6) is -0.687. The van der Waals surface area contributed by atoms with Crippen molar-refractivity contribution in [1.29, 1.82) is 0 Å². The molecule has 0 radical (unpaired) electrons. The Kier molecular flexibility index (Phi) is 5.45. The average molecular weight is 329 g/mol. The third-order valence-corrected chi connectivity index (χ3v) is 2.99. The fourth-order valence-electron chi connectivity index (χ4n) is 1.85. The van der Waals surface area contributed by atoms with Crippen LogP contribution in [0.1, 0.15) is 15.9 Å². The fraction of sp³-hybridized carbons (Fsp3) is 0.125. The second kappa shape index (κ2) is 7.73. The van der Waals surface area contributed by atoms with Crippen LogP contribution in [0.5, 0.6) is 5.75 Å². The molecule has 8 heteroatoms. The molecule has 0 aliphatic carbocycles. The maximum atomic E-state index is 11.9. The van der Waals surface area contributed by atoms with Crippen molar-refractivity contribution in [2.75, 3.05) is 6.61 Å². The molecule has 0 bridgehead atoms. The average Bonchev–Trinajstić information content (AvgIpc) is 2.58. The number of ether oxygens (including phenoxy) is 1. The summed E-state index contributed by atoms with van der Waals surface area (Å²) < 4.78 is 5.28. The van der Waals surface area contributed by atoms with E-state index in [1.807, 2.05) is 13.0 Å². The van der Waals surface area contributed by atoms with E-state index >= 15 is 0 Å². The number of aryl methyl sites for hydroxylation is 1. The topological polar surface area (TPSA) is 111 Å². The second-order valence-electron chi connectivity index (χ2n) is 4.91. The summed E-state index contributed by atoms with van der Waals surface area (Å²) in [6, 6.07) is 12.3. The summed E-state index contributed by atoms with van der Waals surface area (Å²) >= 11 is 0. The highest BCUT2D eigenvalue weighted by Gasteiger charge is 2.12. The van der Waals surface area contributed by atoms with Crippen LogP contribution in [0.25, 0.3) is 0 Å². The van der Waals surface area contributed by atoms with Gasteiger partial charge in [-0.15, -0.1) is 0 Å². The number of hydrogen-bond acceptors (Lipinski definition) is 5. The maximum Gasteiger partial charge on any atom is 0.276 e. The first-order valence-corrected chi connectivity index (χ1v) is 6.99. The molecule has 0 aliphatic rings. The van der Waals surface area contributed by atoms with Gasteiger partial charge < -0.3 is 4.74 Å². The van der Waals surface area contributed by atoms with Gasteiger partial charge in [0.25, 0.3) is 17.5 Å². The van der Waals surface area contributed by atoms with E-state index in [0.717, 1.165) is 11.6 Å². The van der Waals surface area contributed by atoms with Crippen LogP contribution in [-0.2, 0) is 4.79 Å². The number of benzene rings is 2. The van der Waals surface area contributed by atoms with Gasteiger partial charge in [-0.25, -0.2) is 0 Å². The predicted molar refractivity (Wildman–Crippen MR) is 85.4 cm³/mol. The zero-order valence-electron chi connectivity index (χ0n) is 12.8. The first kappa shape index (κ1) is 16.9. The molecular formula is C16H15N3O5. The van der Waals surface area contributed by atoms with Crippen LogP contribution in [0.15, 0.2) is 48.5 Å². The van der Waals surface area contributed by atoms with E-state index < -0.39 is 16.7 Å². The Balaban J connectivity index is 1.84. The number of non-ortho nitro benzene ring substituents is 1. The lowest BCUT2D eigenvalue weighted by molar-refractivity contribution is -0.384. The molecule has 0 aromatic heterocycles. The molecule has 0 unspecified atom stereocenters. The molecule has 24 heavy (non-hydrogen) atoms. The predicted octanol–water partition coefficient (Wildman–Crippen LogP) is 1.74. The monoisotopic (exact) mass is 329 g/mol. The summed E-state index contributed by atoms with van der Waals surface area (Å²) in [6.45, 7) is 1.62. The number of hydrazine groups is 1. The van der Waals surface area contributed by atoms with Crippen LogP contribution in [0.3, 0.4) is 0 Å². The number of rotatable bonds is 5. The minimum absolute atomic E-state index is 0.0594. The van der Waals surface area contributed by atoms with E-state index in [0.29, 0.717) is 5.75 Å². The van der Waals surface area contributed by atoms with Gasteiger partial charge in [0.2, 0.25) is 0 Å². The molecule has 0 atom stereocenters. The highest BCUT2D eigenvalue weighted by Crippen LogP contribution is 2.13. The molecule has 124 valence electrons. The van der Waals surface area contributed by atoms with Gasteiger partial charge in [-0.1, -0.05) is 18.2 Å². The molecule has 0 aliphatic heterocycles. The molecule has 2 aromatic rings. The van der Waals surface area contributed by atoms with E-state index in [1.54, 1.807) is 18.2 Å². The summed E-state index contributed by atoms with van der Waals surface area (Å²) in [7, 11) is 0. The molecule has 8 nitrogen and oxygen atoms in total. The van der Waals surface area contributed by atoms with Crippen molar-refractivity contribution in [2.24, 2.45) is 0 Å². The zero-order chi connectivity index (χ0) is 17.5. The highest BCUT2D eigenvalue weighted by molar-refractivity contribution is 5.96. The number of amides is 2. The molecule has 0 heterocycles. The summed E-state index contributed by atoms with van der Waals surface area (Å²) in [5.41, 5.74) is 5.19. The third-order valence-electron chi connectivity index (χ3n) is 2.99. The van der Waals surface area contributed by atoms with Crippen molar-refractivity contribution >= 4 is 17.5 Å². The number of nitrogens with zero attached hydrogens (tertiary/aromatic N) is 1. The highest BCUT2D eigenvalue weighted by atomic mass is 16.6. The lowest BCUT2D eigenvalue weighted by atomic mass is 10.2. The van der Waals surface area contributed by atoms with Crippen molar-refractivity contribution in [3.05, 3.63) is 69.8 Å². The van der Waals surface area contributed by atoms with E-state index in [2.05, 4.69) is 10.9 Å². The lowest BCUT2D eigenvalue weighted by Crippen LogP contribution is -2.43. The first-order valence-electron chi connectivity index (χ1n) is 6.99. The Hall–Kier alpha value is -3.42. The Labute approximate surface area is 137 Å². The van der Waals surface area contributed by atoms with Crippen LogP contribution in [0.4, 0.5) is 5.69 Å². The van der Waals surface area contributed by atoms with Gasteiger partial charge in [0.05, 0.1) is 4.92 Å². The number of nitrogens with one attached hydrogen (secondary N) is 2. The van der Waals surface area contributed by atoms with Crippen LogP contribution in [0, 0.1) is 17.0 Å². The third kappa shape index (κ3) is 4.80. The molecule has 2 N–H and O–H groups in total. The van der Waals surface area contributed by atoms with E-state index in [1.165, 1.54) is 18.2 Å². The second-order valence-corrected chi connectivity index (χ2v) is 4.91. The van der Waals surface area contributed by atoms with Crippen molar-refractivity contribution in [2.45, 2.75) is 6.92 Å². The summed E-state index contributed by atoms with van der Waals surface area (Å²) in [6.07, 6.45) is 0. The Morgan fingerprint density at radius 3 is 2.58 bits per heavy atom. The summed E-state index contributed by atoms with van der Waals surface area (Å²) in [4.78, 5) is 33.6. The fourth-order valence-corrected chi connectivity index (χ4v) is 1.85. The SMILES string of the molecule is Cc1cccc(OCC(=O)NNC(=O)c2cccc([N+](=O)[O-])c2)c1. The normalized spacial score (nSPS) is 9.88. The van der Waals surface area contributed by atoms with Gasteiger partial charge in [0.15, 0.2) is 6.61 Å². The smallest absolute Gasteiger partial charge is 0.276 e. The van der Waals surface area contributed by atoms with E-state index in [4.69, 9.17) is 4.74 Å². The molecule has 2 aromatic carbocycles. The minimum atomic E-state index is -0.664. The lowest BCUT2D eigenvalue weighted by Gasteiger charge is -2.09. The maximum absolute atomic E-state index is 11.9. The van der Waals surface area contributed by atoms with Crippen LogP contribution >= 0.6 is 0 Å². The molecule has 2 rings (SSSR count). The van der Waals surface area contributed by atoms with Gasteiger partial charge in [-0.2, -0.15) is 0 Å². The minimum Gasteiger partial charge on any atom is -0.484 e. The standard InChI is InChI=1S/C16H15N3O5/c1-11-4-2-7-14(8-11)24-10-15(20)17-18-16(21)12-5-3-6-13(9-12)19(22)23/h2-9H,10H2,1H3,(H,17,20)(H,18,21). The van der Waals surface area contributed by atoms with Crippen LogP contribution in [-0.4, -0.2) is 23.3 Å². The van der Waals surface area contributed by atoms with Gasteiger partial charge in [-0.05, 0) is 30.7 Å². The Morgan fingerprint density at radius 2 is 1.88 bits per heavy atom.